The third-order valence-corrected chi connectivity index (χ3v) is 6.89. The highest BCUT2D eigenvalue weighted by Gasteiger charge is 2.23. The van der Waals surface area contributed by atoms with Gasteiger partial charge in [0, 0.05) is 59.0 Å². The fourth-order valence-electron chi connectivity index (χ4n) is 3.07. The number of benzene rings is 1. The molecule has 1 aliphatic heterocycles. The van der Waals surface area contributed by atoms with Gasteiger partial charge in [0.15, 0.2) is 5.96 Å². The van der Waals surface area contributed by atoms with Crippen LogP contribution in [0.3, 0.4) is 0 Å². The number of carbonyl (C=O) groups excluding carboxylic acids is 1. The van der Waals surface area contributed by atoms with Crippen molar-refractivity contribution in [2.45, 2.75) is 38.9 Å². The van der Waals surface area contributed by atoms with Gasteiger partial charge in [-0.25, -0.2) is 0 Å². The Bertz CT molecular complexity index is 740. The molecule has 1 saturated heterocycles. The highest BCUT2D eigenvalue weighted by molar-refractivity contribution is 7.86. The fourth-order valence-corrected chi connectivity index (χ4v) is 4.15. The van der Waals surface area contributed by atoms with E-state index in [1.165, 1.54) is 0 Å². The predicted octanol–water partition coefficient (Wildman–Crippen LogP) is 2.54. The monoisotopic (exact) mass is 440 g/mol. The van der Waals surface area contributed by atoms with Gasteiger partial charge in [0.2, 0.25) is 5.91 Å². The molecule has 8 heteroatoms. The number of nitrogens with one attached hydrogen (secondary N) is 1. The number of hydrogen-bond donors (Lipinski definition) is 1. The number of hydrogen-bond acceptors (Lipinski definition) is 3. The summed E-state index contributed by atoms with van der Waals surface area (Å²) in [5, 5.41) is 3.97. The molecule has 162 valence electrons. The largest absolute Gasteiger partial charge is 0.357 e. The average Bonchev–Trinajstić information content (AvgIpc) is 2.66. The van der Waals surface area contributed by atoms with Crippen molar-refractivity contribution in [2.24, 2.45) is 4.99 Å². The van der Waals surface area contributed by atoms with Crippen molar-refractivity contribution in [3.63, 3.8) is 0 Å². The minimum atomic E-state index is -0.911. The van der Waals surface area contributed by atoms with Crippen LogP contribution in [0.4, 0.5) is 0 Å². The van der Waals surface area contributed by atoms with E-state index in [0.29, 0.717) is 36.8 Å². The Hall–Kier alpha value is -1.60. The fraction of sp³-hybridized carbons (Fsp3) is 0.619. The van der Waals surface area contributed by atoms with Gasteiger partial charge in [-0.15, -0.1) is 0 Å². The number of halogens is 1. The lowest BCUT2D eigenvalue weighted by molar-refractivity contribution is -0.131. The summed E-state index contributed by atoms with van der Waals surface area (Å²) < 4.78 is 12.0. The lowest BCUT2D eigenvalue weighted by atomic mass is 10.1. The third kappa shape index (κ3) is 7.63. The molecule has 1 aromatic rings. The number of aliphatic imine (C=N–C) groups is 1. The summed E-state index contributed by atoms with van der Waals surface area (Å²) >= 11 is 6.01. The van der Waals surface area contributed by atoms with Gasteiger partial charge in [0.05, 0.1) is 13.0 Å². The zero-order valence-electron chi connectivity index (χ0n) is 17.9. The molecule has 1 fully saturated rings. The maximum absolute atomic E-state index is 12.6. The van der Waals surface area contributed by atoms with E-state index >= 15 is 0 Å². The molecule has 0 radical (unpaired) electrons. The van der Waals surface area contributed by atoms with E-state index in [4.69, 9.17) is 11.6 Å². The first-order valence-corrected chi connectivity index (χ1v) is 11.8. The minimum absolute atomic E-state index is 0.120. The Balaban J connectivity index is 1.88. The van der Waals surface area contributed by atoms with Gasteiger partial charge in [-0.05, 0) is 45.4 Å². The van der Waals surface area contributed by atoms with Gasteiger partial charge in [-0.1, -0.05) is 23.7 Å². The van der Waals surface area contributed by atoms with E-state index in [0.717, 1.165) is 31.2 Å². The molecule has 0 aromatic heterocycles. The topological polar surface area (TPSA) is 65.0 Å². The number of piperazine rings is 1. The van der Waals surface area contributed by atoms with Crippen molar-refractivity contribution >= 4 is 34.3 Å². The van der Waals surface area contributed by atoms with Gasteiger partial charge in [-0.3, -0.25) is 14.0 Å². The summed E-state index contributed by atoms with van der Waals surface area (Å²) in [6.45, 7) is 12.1. The highest BCUT2D eigenvalue weighted by atomic mass is 35.5. The normalized spacial score (nSPS) is 16.7. The molecule has 1 unspecified atom stereocenters. The maximum Gasteiger partial charge on any atom is 0.227 e. The molecule has 1 N–H and O–H groups in total. The van der Waals surface area contributed by atoms with Crippen molar-refractivity contribution in [2.75, 3.05) is 45.0 Å². The Morgan fingerprint density at radius 1 is 1.21 bits per heavy atom. The van der Waals surface area contributed by atoms with Gasteiger partial charge >= 0.3 is 0 Å². The molecule has 0 saturated carbocycles. The first kappa shape index (κ1) is 23.7. The van der Waals surface area contributed by atoms with Crippen molar-refractivity contribution in [1.29, 1.82) is 0 Å². The molecule has 2 rings (SSSR count). The summed E-state index contributed by atoms with van der Waals surface area (Å²) in [4.78, 5) is 21.3. The Morgan fingerprint density at radius 3 is 2.45 bits per heavy atom. The van der Waals surface area contributed by atoms with Gasteiger partial charge < -0.3 is 15.1 Å². The van der Waals surface area contributed by atoms with Crippen LogP contribution in [0.5, 0.6) is 0 Å². The van der Waals surface area contributed by atoms with Gasteiger partial charge in [0.25, 0.3) is 0 Å². The number of carbonyl (C=O) groups is 1. The molecule has 1 aliphatic rings. The van der Waals surface area contributed by atoms with Crippen LogP contribution in [0.25, 0.3) is 0 Å². The number of amides is 1. The Kier molecular flexibility index (Phi) is 8.96. The average molecular weight is 441 g/mol. The van der Waals surface area contributed by atoms with Crippen molar-refractivity contribution in [3.05, 3.63) is 34.9 Å². The second kappa shape index (κ2) is 11.0. The Morgan fingerprint density at radius 2 is 1.86 bits per heavy atom. The van der Waals surface area contributed by atoms with Crippen molar-refractivity contribution < 1.29 is 9.00 Å². The number of nitrogens with zero attached hydrogens (tertiary/aromatic N) is 3. The van der Waals surface area contributed by atoms with Crippen molar-refractivity contribution in [1.82, 2.24) is 15.1 Å². The van der Waals surface area contributed by atoms with Crippen LogP contribution >= 0.6 is 11.6 Å². The van der Waals surface area contributed by atoms with E-state index in [1.54, 1.807) is 0 Å². The summed E-state index contributed by atoms with van der Waals surface area (Å²) in [7, 11) is -0.911. The van der Waals surface area contributed by atoms with E-state index in [9.17, 15) is 9.00 Å². The first-order valence-electron chi connectivity index (χ1n) is 10.1. The number of guanidine groups is 1. The smallest absolute Gasteiger partial charge is 0.227 e. The van der Waals surface area contributed by atoms with Crippen LogP contribution < -0.4 is 5.32 Å². The molecular formula is C21H33ClN4O2S. The summed E-state index contributed by atoms with van der Waals surface area (Å²) in [5.74, 6) is 1.51. The summed E-state index contributed by atoms with van der Waals surface area (Å²) in [5.41, 5.74) is 0.937. The van der Waals surface area contributed by atoms with Crippen LogP contribution in [0, 0.1) is 0 Å². The lowest BCUT2D eigenvalue weighted by Crippen LogP contribution is -2.54. The Labute approximate surface area is 182 Å². The molecule has 29 heavy (non-hydrogen) atoms. The quantitative estimate of drug-likeness (QED) is 0.545. The molecule has 0 spiro atoms. The molecular weight excluding hydrogens is 408 g/mol. The standard InChI is InChI=1S/C21H33ClN4O2S/c1-5-23-20(24-9-14-29(28)21(2,3)4)26-12-10-25(11-13-26)19(27)16-17-7-6-8-18(22)15-17/h6-8,15H,5,9-14,16H2,1-4H3,(H,23,24). The van der Waals surface area contributed by atoms with Gasteiger partial charge in [0.1, 0.15) is 0 Å². The second-order valence-corrected chi connectivity index (χ2v) is 10.8. The van der Waals surface area contributed by atoms with E-state index in [-0.39, 0.29) is 10.7 Å². The van der Waals surface area contributed by atoms with Crippen LogP contribution in [0.2, 0.25) is 5.02 Å². The molecule has 1 aromatic carbocycles. The van der Waals surface area contributed by atoms with E-state index < -0.39 is 10.8 Å². The maximum atomic E-state index is 12.6. The van der Waals surface area contributed by atoms with Crippen LogP contribution in [-0.2, 0) is 22.0 Å². The second-order valence-electron chi connectivity index (χ2n) is 8.07. The van der Waals surface area contributed by atoms with Crippen LogP contribution in [0.15, 0.2) is 29.3 Å². The van der Waals surface area contributed by atoms with E-state index in [1.807, 2.05) is 56.9 Å². The van der Waals surface area contributed by atoms with Crippen LogP contribution in [-0.4, -0.2) is 75.6 Å². The molecule has 1 heterocycles. The predicted molar refractivity (Wildman–Crippen MR) is 122 cm³/mol. The van der Waals surface area contributed by atoms with Gasteiger partial charge in [-0.2, -0.15) is 0 Å². The third-order valence-electron chi connectivity index (χ3n) is 4.73. The van der Waals surface area contributed by atoms with Crippen molar-refractivity contribution in [3.8, 4) is 0 Å². The molecule has 1 amide bonds. The molecule has 1 atom stereocenters. The number of rotatable bonds is 6. The highest BCUT2D eigenvalue weighted by Crippen LogP contribution is 2.13. The van der Waals surface area contributed by atoms with E-state index in [2.05, 4.69) is 15.2 Å². The molecule has 6 nitrogen and oxygen atoms in total. The molecule has 0 aliphatic carbocycles. The zero-order chi connectivity index (χ0) is 21.4. The molecule has 0 bridgehead atoms. The minimum Gasteiger partial charge on any atom is -0.357 e. The lowest BCUT2D eigenvalue weighted by Gasteiger charge is -2.36. The summed E-state index contributed by atoms with van der Waals surface area (Å²) in [6, 6.07) is 7.45. The first-order chi connectivity index (χ1) is 13.7. The SMILES string of the molecule is CCNC(=NCCS(=O)C(C)(C)C)N1CCN(C(=O)Cc2cccc(Cl)c2)CC1. The summed E-state index contributed by atoms with van der Waals surface area (Å²) in [6.07, 6.45) is 0.368. The zero-order valence-corrected chi connectivity index (χ0v) is 19.5. The van der Waals surface area contributed by atoms with Crippen LogP contribution in [0.1, 0.15) is 33.3 Å².